The number of benzene rings is 2. The zero-order valence-corrected chi connectivity index (χ0v) is 18.8. The lowest BCUT2D eigenvalue weighted by Crippen LogP contribution is -2.32. The maximum atomic E-state index is 6.11. The van der Waals surface area contributed by atoms with Gasteiger partial charge in [-0.3, -0.25) is 4.90 Å². The Kier molecular flexibility index (Phi) is 8.44. The largest absolute Gasteiger partial charge is 0.493 e. The highest BCUT2D eigenvalue weighted by Crippen LogP contribution is 2.39. The Morgan fingerprint density at radius 3 is 2.44 bits per heavy atom. The van der Waals surface area contributed by atoms with Crippen molar-refractivity contribution in [3.63, 3.8) is 0 Å². The first-order valence-corrected chi connectivity index (χ1v) is 10.3. The average Bonchev–Trinajstić information content (AvgIpc) is 2.65. The molecule has 0 aromatic heterocycles. The van der Waals surface area contributed by atoms with Crippen LogP contribution in [0, 0.1) is 0 Å². The number of ether oxygens (including phenoxy) is 2. The van der Waals surface area contributed by atoms with E-state index >= 15 is 0 Å². The zero-order chi connectivity index (χ0) is 18.7. The van der Waals surface area contributed by atoms with Crippen LogP contribution in [0.25, 0.3) is 0 Å². The van der Waals surface area contributed by atoms with Gasteiger partial charge in [0, 0.05) is 17.5 Å². The van der Waals surface area contributed by atoms with Crippen LogP contribution in [0.5, 0.6) is 11.5 Å². The summed E-state index contributed by atoms with van der Waals surface area (Å²) in [4.78, 5) is 3.56. The van der Waals surface area contributed by atoms with Gasteiger partial charge < -0.3 is 9.47 Å². The van der Waals surface area contributed by atoms with Crippen LogP contribution in [0.3, 0.4) is 0 Å². The second-order valence-electron chi connectivity index (χ2n) is 6.37. The highest BCUT2D eigenvalue weighted by Gasteiger charge is 2.26. The number of methoxy groups -OCH3 is 2. The molecule has 27 heavy (non-hydrogen) atoms. The summed E-state index contributed by atoms with van der Waals surface area (Å²) in [7, 11) is 5.56. The van der Waals surface area contributed by atoms with Gasteiger partial charge in [0.05, 0.1) is 24.3 Å². The lowest BCUT2D eigenvalue weighted by molar-refractivity contribution is 0.225. The summed E-state index contributed by atoms with van der Waals surface area (Å²) in [5.74, 6) is 2.60. The van der Waals surface area contributed by atoms with Crippen molar-refractivity contribution in [2.45, 2.75) is 23.8 Å². The van der Waals surface area contributed by atoms with Gasteiger partial charge in [0.1, 0.15) is 0 Å². The number of likely N-dealkylation sites (N-methyl/N-ethyl adjacent to an activating group) is 1. The van der Waals surface area contributed by atoms with Gasteiger partial charge in [-0.15, -0.1) is 24.2 Å². The van der Waals surface area contributed by atoms with E-state index in [1.54, 1.807) is 26.0 Å². The maximum Gasteiger partial charge on any atom is 0.161 e. The molecule has 1 atom stereocenters. The van der Waals surface area contributed by atoms with Gasteiger partial charge >= 0.3 is 0 Å². The first-order valence-electron chi connectivity index (χ1n) is 8.56. The van der Waals surface area contributed by atoms with Crippen LogP contribution >= 0.6 is 47.4 Å². The molecule has 148 valence electrons. The molecule has 0 amide bonds. The molecule has 2 aromatic rings. The minimum absolute atomic E-state index is 0. The third kappa shape index (κ3) is 5.18. The second kappa shape index (κ2) is 10.1. The highest BCUT2D eigenvalue weighted by atomic mass is 35.5. The minimum atomic E-state index is 0. The summed E-state index contributed by atoms with van der Waals surface area (Å²) < 4.78 is 11.0. The lowest BCUT2D eigenvalue weighted by atomic mass is 9.91. The van der Waals surface area contributed by atoms with E-state index in [-0.39, 0.29) is 12.4 Å². The quantitative estimate of drug-likeness (QED) is 0.494. The molecule has 7 heteroatoms. The van der Waals surface area contributed by atoms with Gasteiger partial charge in [0.2, 0.25) is 0 Å². The van der Waals surface area contributed by atoms with Gasteiger partial charge in [-0.05, 0) is 67.1 Å². The van der Waals surface area contributed by atoms with E-state index < -0.39 is 0 Å². The summed E-state index contributed by atoms with van der Waals surface area (Å²) in [5, 5.41) is 1.20. The number of fused-ring (bicyclic) bond motifs is 1. The highest BCUT2D eigenvalue weighted by molar-refractivity contribution is 7.99. The molecule has 2 aromatic carbocycles. The van der Waals surface area contributed by atoms with Crippen molar-refractivity contribution < 1.29 is 9.47 Å². The van der Waals surface area contributed by atoms with Crippen LogP contribution < -0.4 is 9.47 Å². The number of thioether (sulfide) groups is 1. The van der Waals surface area contributed by atoms with Gasteiger partial charge in [-0.2, -0.15) is 0 Å². The summed E-state index contributed by atoms with van der Waals surface area (Å²) in [6.07, 6.45) is 2.08. The Bertz CT molecular complexity index is 788. The molecule has 1 aliphatic rings. The van der Waals surface area contributed by atoms with E-state index in [4.69, 9.17) is 32.7 Å². The molecule has 0 fully saturated rings. The fourth-order valence-electron chi connectivity index (χ4n) is 3.38. The van der Waals surface area contributed by atoms with Crippen LogP contribution in [-0.2, 0) is 6.42 Å². The average molecular weight is 449 g/mol. The molecule has 0 radical (unpaired) electrons. The third-order valence-electron chi connectivity index (χ3n) is 4.82. The van der Waals surface area contributed by atoms with E-state index in [1.165, 1.54) is 11.1 Å². The Morgan fingerprint density at radius 2 is 1.78 bits per heavy atom. The van der Waals surface area contributed by atoms with Crippen molar-refractivity contribution in [3.05, 3.63) is 51.5 Å². The summed E-state index contributed by atoms with van der Waals surface area (Å²) in [5.41, 5.74) is 2.69. The van der Waals surface area contributed by atoms with Crippen LogP contribution in [-0.4, -0.2) is 38.5 Å². The van der Waals surface area contributed by atoms with Crippen molar-refractivity contribution in [1.29, 1.82) is 0 Å². The molecule has 3 rings (SSSR count). The summed E-state index contributed by atoms with van der Waals surface area (Å²) >= 11 is 13.9. The predicted molar refractivity (Wildman–Crippen MR) is 118 cm³/mol. The van der Waals surface area contributed by atoms with E-state index in [0.717, 1.165) is 41.5 Å². The van der Waals surface area contributed by atoms with Crippen LogP contribution in [0.2, 0.25) is 10.0 Å². The summed E-state index contributed by atoms with van der Waals surface area (Å²) in [6.45, 7) is 1.05. The standard InChI is InChI=1S/C20H23Cl2NO2S.ClH/c1-23-8-6-13-10-19(24-2)20(25-3)12-15(13)18(23)7-9-26-14-4-5-16(21)17(22)11-14;/h4-5,10-12,18H,6-9H2,1-3H3;1H. The fraction of sp³-hybridized carbons (Fsp3) is 0.400. The monoisotopic (exact) mass is 447 g/mol. The van der Waals surface area contributed by atoms with E-state index in [1.807, 2.05) is 18.2 Å². The van der Waals surface area contributed by atoms with Crippen LogP contribution in [0.15, 0.2) is 35.2 Å². The Labute approximate surface area is 181 Å². The van der Waals surface area contributed by atoms with E-state index in [9.17, 15) is 0 Å². The van der Waals surface area contributed by atoms with Gasteiger partial charge in [-0.1, -0.05) is 23.2 Å². The molecule has 0 aliphatic carbocycles. The number of hydrogen-bond acceptors (Lipinski definition) is 4. The smallest absolute Gasteiger partial charge is 0.161 e. The second-order valence-corrected chi connectivity index (χ2v) is 8.35. The number of nitrogens with zero attached hydrogens (tertiary/aromatic N) is 1. The van der Waals surface area contributed by atoms with Crippen molar-refractivity contribution >= 4 is 47.4 Å². The summed E-state index contributed by atoms with van der Waals surface area (Å²) in [6, 6.07) is 10.4. The van der Waals surface area contributed by atoms with Gasteiger partial charge in [-0.25, -0.2) is 0 Å². The minimum Gasteiger partial charge on any atom is -0.493 e. The number of rotatable bonds is 6. The maximum absolute atomic E-state index is 6.11. The molecule has 3 nitrogen and oxygen atoms in total. The van der Waals surface area contributed by atoms with Crippen molar-refractivity contribution in [2.75, 3.05) is 33.6 Å². The predicted octanol–water partition coefficient (Wildman–Crippen LogP) is 6.14. The molecule has 1 unspecified atom stereocenters. The molecule has 0 saturated heterocycles. The van der Waals surface area contributed by atoms with Gasteiger partial charge in [0.25, 0.3) is 0 Å². The molecule has 0 spiro atoms. The van der Waals surface area contributed by atoms with Crippen molar-refractivity contribution in [3.8, 4) is 11.5 Å². The molecular formula is C20H24Cl3NO2S. The normalized spacial score (nSPS) is 16.4. The molecule has 0 bridgehead atoms. The Hall–Kier alpha value is -0.780. The lowest BCUT2D eigenvalue weighted by Gasteiger charge is -2.35. The van der Waals surface area contributed by atoms with Crippen molar-refractivity contribution in [2.24, 2.45) is 0 Å². The molecule has 1 aliphatic heterocycles. The fourth-order valence-corrected chi connectivity index (χ4v) is 4.69. The molecule has 0 saturated carbocycles. The van der Waals surface area contributed by atoms with Crippen LogP contribution in [0.1, 0.15) is 23.6 Å². The van der Waals surface area contributed by atoms with Crippen LogP contribution in [0.4, 0.5) is 0 Å². The van der Waals surface area contributed by atoms with Crippen molar-refractivity contribution in [1.82, 2.24) is 4.90 Å². The SMILES string of the molecule is COc1cc2c(cc1OC)C(CCSc1ccc(Cl)c(Cl)c1)N(C)CC2.Cl. The number of hydrogen-bond donors (Lipinski definition) is 0. The third-order valence-corrected chi connectivity index (χ3v) is 6.59. The van der Waals surface area contributed by atoms with Gasteiger partial charge in [0.15, 0.2) is 11.5 Å². The molecule has 1 heterocycles. The zero-order valence-electron chi connectivity index (χ0n) is 15.6. The topological polar surface area (TPSA) is 21.7 Å². The van der Waals surface area contributed by atoms with E-state index in [2.05, 4.69) is 24.1 Å². The molecular weight excluding hydrogens is 425 g/mol. The first kappa shape index (κ1) is 22.5. The first-order chi connectivity index (χ1) is 12.5. The van der Waals surface area contributed by atoms with E-state index in [0.29, 0.717) is 16.1 Å². The molecule has 0 N–H and O–H groups in total. The number of halogens is 3. The Morgan fingerprint density at radius 1 is 1.07 bits per heavy atom. The Balaban J connectivity index is 0.00000261.